The van der Waals surface area contributed by atoms with Crippen LogP contribution in [-0.4, -0.2) is 122 Å². The molecule has 4 aliphatic heterocycles. The van der Waals surface area contributed by atoms with Crippen LogP contribution in [0.25, 0.3) is 21.8 Å². The number of hydrogen-bond acceptors (Lipinski definition) is 6. The van der Waals surface area contributed by atoms with Gasteiger partial charge in [-0.05, 0) is 101 Å². The summed E-state index contributed by atoms with van der Waals surface area (Å²) in [5.41, 5.74) is 11.2. The summed E-state index contributed by atoms with van der Waals surface area (Å²) >= 11 is 0. The van der Waals surface area contributed by atoms with Gasteiger partial charge in [-0.25, -0.2) is 0 Å². The molecular formula is C38H56N8. The van der Waals surface area contributed by atoms with E-state index in [0.717, 1.165) is 25.9 Å². The quantitative estimate of drug-likeness (QED) is 0.252. The maximum absolute atomic E-state index is 3.73. The number of hydrogen-bond donors (Lipinski definition) is 4. The van der Waals surface area contributed by atoms with Gasteiger partial charge in [0.15, 0.2) is 0 Å². The summed E-state index contributed by atoms with van der Waals surface area (Å²) in [6.45, 7) is 18.6. The van der Waals surface area contributed by atoms with Gasteiger partial charge in [-0.3, -0.25) is 0 Å². The number of H-pyrrole nitrogens is 2. The van der Waals surface area contributed by atoms with Gasteiger partial charge in [-0.1, -0.05) is 24.3 Å². The fourth-order valence-corrected chi connectivity index (χ4v) is 8.12. The third-order valence-corrected chi connectivity index (χ3v) is 11.1. The van der Waals surface area contributed by atoms with E-state index in [2.05, 4.69) is 105 Å². The molecular weight excluding hydrogens is 568 g/mol. The lowest BCUT2D eigenvalue weighted by molar-refractivity contribution is 0.148. The van der Waals surface area contributed by atoms with Crippen LogP contribution in [0.5, 0.6) is 0 Å². The van der Waals surface area contributed by atoms with Gasteiger partial charge < -0.3 is 40.2 Å². The van der Waals surface area contributed by atoms with E-state index in [1.807, 2.05) is 0 Å². The molecule has 46 heavy (non-hydrogen) atoms. The Hall–Kier alpha value is -2.72. The van der Waals surface area contributed by atoms with Crippen molar-refractivity contribution < 1.29 is 0 Å². The molecule has 4 aliphatic rings. The molecule has 8 nitrogen and oxygen atoms in total. The van der Waals surface area contributed by atoms with Crippen molar-refractivity contribution in [1.29, 1.82) is 0 Å². The molecule has 8 rings (SSSR count). The Morgan fingerprint density at radius 1 is 0.587 bits per heavy atom. The molecule has 2 aromatic carbocycles. The standard InChI is InChI=1S/2C19H28N4/c2*1-14-3-4-15-16-5-7-20-17(19(16)21-18(15)13-14)6-8-23-11-9-22(2)10-12-23/h2*3-4,13,17,20-21H,5-12H2,1-2H3/t2*17-/m10/s1. The molecule has 0 spiro atoms. The Bertz CT molecular complexity index is 1480. The van der Waals surface area contributed by atoms with Crippen LogP contribution in [0.1, 0.15) is 58.6 Å². The number of piperazine rings is 2. The summed E-state index contributed by atoms with van der Waals surface area (Å²) in [6, 6.07) is 14.6. The van der Waals surface area contributed by atoms with E-state index in [1.165, 1.54) is 123 Å². The van der Waals surface area contributed by atoms with Crippen LogP contribution in [0.2, 0.25) is 0 Å². The molecule has 6 heterocycles. The van der Waals surface area contributed by atoms with Crippen LogP contribution in [0.4, 0.5) is 0 Å². The lowest BCUT2D eigenvalue weighted by Gasteiger charge is -2.34. The highest BCUT2D eigenvalue weighted by Crippen LogP contribution is 2.33. The van der Waals surface area contributed by atoms with E-state index in [9.17, 15) is 0 Å². The first-order valence-corrected chi connectivity index (χ1v) is 17.9. The van der Waals surface area contributed by atoms with Crippen molar-refractivity contribution in [3.63, 3.8) is 0 Å². The topological polar surface area (TPSA) is 68.6 Å². The average Bonchev–Trinajstić information content (AvgIpc) is 3.62. The van der Waals surface area contributed by atoms with Crippen LogP contribution in [-0.2, 0) is 12.8 Å². The summed E-state index contributed by atoms with van der Waals surface area (Å²) in [4.78, 5) is 17.5. The molecule has 0 aliphatic carbocycles. The Morgan fingerprint density at radius 2 is 1.00 bits per heavy atom. The average molecular weight is 625 g/mol. The van der Waals surface area contributed by atoms with E-state index < -0.39 is 0 Å². The molecule has 2 saturated heterocycles. The molecule has 4 N–H and O–H groups in total. The first kappa shape index (κ1) is 31.9. The number of aromatic nitrogens is 2. The zero-order valence-electron chi connectivity index (χ0n) is 28.7. The minimum atomic E-state index is 0.478. The molecule has 0 bridgehead atoms. The van der Waals surface area contributed by atoms with Gasteiger partial charge in [-0.15, -0.1) is 0 Å². The molecule has 0 saturated carbocycles. The summed E-state index contributed by atoms with van der Waals surface area (Å²) in [7, 11) is 4.44. The third-order valence-electron chi connectivity index (χ3n) is 11.1. The highest BCUT2D eigenvalue weighted by atomic mass is 15.3. The van der Waals surface area contributed by atoms with Crippen molar-refractivity contribution in [3.05, 3.63) is 70.0 Å². The predicted octanol–water partition coefficient (Wildman–Crippen LogP) is 4.60. The number of nitrogens with zero attached hydrogens (tertiary/aromatic N) is 4. The zero-order chi connectivity index (χ0) is 31.6. The number of aromatic amines is 2. The van der Waals surface area contributed by atoms with Crippen molar-refractivity contribution >= 4 is 21.8 Å². The first-order valence-electron chi connectivity index (χ1n) is 17.9. The lowest BCUT2D eigenvalue weighted by Crippen LogP contribution is -2.45. The van der Waals surface area contributed by atoms with Crippen LogP contribution < -0.4 is 10.6 Å². The van der Waals surface area contributed by atoms with Gasteiger partial charge in [-0.2, -0.15) is 0 Å². The molecule has 2 fully saturated rings. The normalized spacial score (nSPS) is 23.3. The molecule has 0 amide bonds. The zero-order valence-corrected chi connectivity index (χ0v) is 28.7. The van der Waals surface area contributed by atoms with Crippen molar-refractivity contribution in [3.8, 4) is 0 Å². The predicted molar refractivity (Wildman–Crippen MR) is 192 cm³/mol. The van der Waals surface area contributed by atoms with E-state index in [4.69, 9.17) is 0 Å². The Morgan fingerprint density at radius 3 is 1.41 bits per heavy atom. The smallest absolute Gasteiger partial charge is 0.0488 e. The number of rotatable bonds is 6. The van der Waals surface area contributed by atoms with Gasteiger partial charge in [0.05, 0.1) is 0 Å². The monoisotopic (exact) mass is 624 g/mol. The van der Waals surface area contributed by atoms with E-state index in [-0.39, 0.29) is 0 Å². The maximum Gasteiger partial charge on any atom is 0.0488 e. The fraction of sp³-hybridized carbons (Fsp3) is 0.579. The van der Waals surface area contributed by atoms with Crippen LogP contribution in [0.15, 0.2) is 36.4 Å². The lowest BCUT2D eigenvalue weighted by atomic mass is 9.97. The Labute approximate surface area is 275 Å². The maximum atomic E-state index is 3.73. The van der Waals surface area contributed by atoms with Crippen LogP contribution in [0, 0.1) is 13.8 Å². The van der Waals surface area contributed by atoms with Crippen molar-refractivity contribution in [2.75, 3.05) is 92.6 Å². The highest BCUT2D eigenvalue weighted by molar-refractivity contribution is 5.86. The minimum Gasteiger partial charge on any atom is -0.357 e. The Balaban J connectivity index is 0.000000147. The van der Waals surface area contributed by atoms with Crippen LogP contribution in [0.3, 0.4) is 0 Å². The number of nitrogens with one attached hydrogen (secondary N) is 4. The summed E-state index contributed by atoms with van der Waals surface area (Å²) < 4.78 is 0. The third kappa shape index (κ3) is 7.08. The van der Waals surface area contributed by atoms with Gasteiger partial charge in [0.1, 0.15) is 0 Å². The molecule has 248 valence electrons. The number of likely N-dealkylation sites (N-methyl/N-ethyl adjacent to an activating group) is 2. The molecule has 4 aromatic rings. The second kappa shape index (κ2) is 14.2. The van der Waals surface area contributed by atoms with Crippen molar-refractivity contribution in [2.45, 2.75) is 51.6 Å². The minimum absolute atomic E-state index is 0.478. The van der Waals surface area contributed by atoms with Crippen LogP contribution >= 0.6 is 0 Å². The number of benzene rings is 2. The number of fused-ring (bicyclic) bond motifs is 6. The van der Waals surface area contributed by atoms with Crippen molar-refractivity contribution in [1.82, 2.24) is 40.2 Å². The first-order chi connectivity index (χ1) is 22.4. The molecule has 2 aromatic heterocycles. The van der Waals surface area contributed by atoms with Gasteiger partial charge in [0.2, 0.25) is 0 Å². The molecule has 0 unspecified atom stereocenters. The van der Waals surface area contributed by atoms with Gasteiger partial charge >= 0.3 is 0 Å². The van der Waals surface area contributed by atoms with E-state index >= 15 is 0 Å². The highest BCUT2D eigenvalue weighted by Gasteiger charge is 2.26. The molecule has 0 radical (unpaired) electrons. The molecule has 8 heteroatoms. The second-order valence-electron chi connectivity index (χ2n) is 14.5. The fourth-order valence-electron chi connectivity index (χ4n) is 8.12. The van der Waals surface area contributed by atoms with E-state index in [0.29, 0.717) is 12.1 Å². The second-order valence-corrected chi connectivity index (χ2v) is 14.5. The van der Waals surface area contributed by atoms with E-state index in [1.54, 1.807) is 11.1 Å². The summed E-state index contributed by atoms with van der Waals surface area (Å²) in [5.74, 6) is 0. The van der Waals surface area contributed by atoms with Crippen molar-refractivity contribution in [2.24, 2.45) is 0 Å². The van der Waals surface area contributed by atoms with Gasteiger partial charge in [0, 0.05) is 111 Å². The Kier molecular flexibility index (Phi) is 9.82. The summed E-state index contributed by atoms with van der Waals surface area (Å²) in [5, 5.41) is 10.3. The number of aryl methyl sites for hydroxylation is 2. The van der Waals surface area contributed by atoms with Gasteiger partial charge in [0.25, 0.3) is 0 Å². The molecule has 2 atom stereocenters. The SMILES string of the molecule is Cc1ccc2c3c([nH]c2c1)[C@@H](CCN1CCN(C)CC1)NCC3.Cc1ccc2c3c([nH]c2c1)[C@H](CCN1CCN(C)CC1)NCC3. The summed E-state index contributed by atoms with van der Waals surface area (Å²) in [6.07, 6.45) is 4.68. The largest absolute Gasteiger partial charge is 0.357 e.